The number of alkyl halides is 6. The second kappa shape index (κ2) is 13.2. The average molecular weight is 772 g/mol. The number of nitriles is 3. The molecule has 5 nitrogen and oxygen atoms in total. The van der Waals surface area contributed by atoms with Gasteiger partial charge in [-0.2, -0.15) is 42.1 Å². The van der Waals surface area contributed by atoms with E-state index in [2.05, 4.69) is 18.2 Å². The van der Waals surface area contributed by atoms with Gasteiger partial charge in [-0.15, -0.1) is 0 Å². The molecule has 0 N–H and O–H groups in total. The average Bonchev–Trinajstić information content (AvgIpc) is 3.74. The van der Waals surface area contributed by atoms with Gasteiger partial charge in [0.15, 0.2) is 0 Å². The Hall–Kier alpha value is -7.81. The van der Waals surface area contributed by atoms with Gasteiger partial charge in [0.25, 0.3) is 0 Å². The predicted octanol–water partition coefficient (Wildman–Crippen LogP) is 12.9. The third kappa shape index (κ3) is 5.70. The first kappa shape index (κ1) is 35.9. The molecule has 0 aliphatic heterocycles. The maximum atomic E-state index is 14.7. The number of halogens is 6. The Labute approximate surface area is 325 Å². The van der Waals surface area contributed by atoms with Crippen LogP contribution in [-0.2, 0) is 12.4 Å². The van der Waals surface area contributed by atoms with Crippen LogP contribution in [0.15, 0.2) is 140 Å². The predicted molar refractivity (Wildman–Crippen MR) is 210 cm³/mol. The molecule has 11 heteroatoms. The molecule has 0 unspecified atom stereocenters. The quantitative estimate of drug-likeness (QED) is 0.167. The first-order valence-electron chi connectivity index (χ1n) is 17.7. The van der Waals surface area contributed by atoms with Gasteiger partial charge in [0.05, 0.1) is 79.5 Å². The first-order chi connectivity index (χ1) is 27.9. The Kier molecular flexibility index (Phi) is 8.13. The number of rotatable bonds is 4. The van der Waals surface area contributed by atoms with Crippen molar-refractivity contribution >= 4 is 43.6 Å². The molecule has 58 heavy (non-hydrogen) atoms. The van der Waals surface area contributed by atoms with Crippen LogP contribution in [0.25, 0.3) is 77.2 Å². The zero-order valence-corrected chi connectivity index (χ0v) is 29.8. The van der Waals surface area contributed by atoms with E-state index in [0.29, 0.717) is 56.3 Å². The van der Waals surface area contributed by atoms with Gasteiger partial charge in [0.1, 0.15) is 0 Å². The van der Waals surface area contributed by atoms with Crippen molar-refractivity contribution in [3.63, 3.8) is 0 Å². The van der Waals surface area contributed by atoms with Crippen molar-refractivity contribution in [2.45, 2.75) is 12.4 Å². The summed E-state index contributed by atoms with van der Waals surface area (Å²) in [4.78, 5) is 0. The van der Waals surface area contributed by atoms with Crippen molar-refractivity contribution in [2.24, 2.45) is 0 Å². The summed E-state index contributed by atoms with van der Waals surface area (Å²) in [5.41, 5.74) is 2.55. The number of fused-ring (bicyclic) bond motifs is 6. The summed E-state index contributed by atoms with van der Waals surface area (Å²) in [7, 11) is 0. The molecule has 2 aromatic heterocycles. The lowest BCUT2D eigenvalue weighted by atomic mass is 9.92. The van der Waals surface area contributed by atoms with Gasteiger partial charge in [0.2, 0.25) is 0 Å². The fraction of sp³-hybridized carbons (Fsp3) is 0.0426. The molecular weight excluding hydrogens is 749 g/mol. The number of nitrogens with zero attached hydrogens (tertiary/aromatic N) is 5. The summed E-state index contributed by atoms with van der Waals surface area (Å²) in [5, 5.41) is 32.8. The van der Waals surface area contributed by atoms with E-state index >= 15 is 0 Å². The molecule has 9 rings (SSSR count). The van der Waals surface area contributed by atoms with Gasteiger partial charge in [-0.05, 0) is 96.1 Å². The fourth-order valence-corrected chi connectivity index (χ4v) is 7.94. The minimum atomic E-state index is -5.13. The lowest BCUT2D eigenvalue weighted by Gasteiger charge is -2.21. The lowest BCUT2D eigenvalue weighted by Crippen LogP contribution is -2.12. The van der Waals surface area contributed by atoms with Crippen LogP contribution in [0.3, 0.4) is 0 Å². The van der Waals surface area contributed by atoms with Crippen molar-refractivity contribution in [2.75, 3.05) is 0 Å². The minimum Gasteiger partial charge on any atom is -0.309 e. The number of para-hydroxylation sites is 2. The summed E-state index contributed by atoms with van der Waals surface area (Å²) < 4.78 is 89.2. The van der Waals surface area contributed by atoms with E-state index in [0.717, 1.165) is 38.6 Å². The summed E-state index contributed by atoms with van der Waals surface area (Å²) in [6, 6.07) is 43.2. The van der Waals surface area contributed by atoms with Crippen molar-refractivity contribution in [1.29, 1.82) is 15.8 Å². The molecule has 0 fully saturated rings. The van der Waals surface area contributed by atoms with Crippen LogP contribution in [0.4, 0.5) is 26.3 Å². The Morgan fingerprint density at radius 2 is 0.897 bits per heavy atom. The molecule has 0 bridgehead atoms. The normalized spacial score (nSPS) is 11.9. The first-order valence-corrected chi connectivity index (χ1v) is 17.7. The second-order valence-corrected chi connectivity index (χ2v) is 13.7. The SMILES string of the molecule is N#Cc1ccc(-c2cc(-c3ccc(C(F)(F)F)cc3C(F)(F)F)ccc2-n2c3ccccc3c3cc(C#N)ccc32)c(-n2c3ccccc3c3cc(C#N)ccc32)c1. The molecule has 0 atom stereocenters. The van der Waals surface area contributed by atoms with Crippen LogP contribution in [-0.4, -0.2) is 9.13 Å². The van der Waals surface area contributed by atoms with Gasteiger partial charge < -0.3 is 9.13 Å². The van der Waals surface area contributed by atoms with E-state index in [-0.39, 0.29) is 11.6 Å². The maximum Gasteiger partial charge on any atom is 0.417 e. The van der Waals surface area contributed by atoms with Crippen molar-refractivity contribution in [1.82, 2.24) is 9.13 Å². The molecule has 0 saturated carbocycles. The topological polar surface area (TPSA) is 81.2 Å². The van der Waals surface area contributed by atoms with Crippen LogP contribution in [0.5, 0.6) is 0 Å². The second-order valence-electron chi connectivity index (χ2n) is 13.7. The fourth-order valence-electron chi connectivity index (χ4n) is 7.94. The Bertz CT molecular complexity index is 3310. The standard InChI is InChI=1S/C47H23F6N5/c48-46(49,50)31-13-15-32(39(23-31)47(51,52)53)30-12-18-44(57-40-7-3-1-5-33(40)36-19-27(24-54)10-16-42(36)57)38(22-30)35-14-9-29(26-56)21-45(35)58-41-8-4-2-6-34(41)37-20-28(25-55)11-17-43(37)58/h1-23H. The molecule has 2 heterocycles. The Balaban J connectivity index is 1.42. The van der Waals surface area contributed by atoms with Crippen LogP contribution >= 0.6 is 0 Å². The largest absolute Gasteiger partial charge is 0.417 e. The Morgan fingerprint density at radius 3 is 1.45 bits per heavy atom. The van der Waals surface area contributed by atoms with Crippen molar-refractivity contribution < 1.29 is 26.3 Å². The van der Waals surface area contributed by atoms with E-state index in [1.165, 1.54) is 12.1 Å². The Morgan fingerprint density at radius 1 is 0.397 bits per heavy atom. The van der Waals surface area contributed by atoms with Gasteiger partial charge in [0, 0.05) is 32.7 Å². The van der Waals surface area contributed by atoms with Gasteiger partial charge in [-0.1, -0.05) is 54.6 Å². The summed E-state index contributed by atoms with van der Waals surface area (Å²) in [5.74, 6) is 0. The molecule has 0 aliphatic carbocycles. The highest BCUT2D eigenvalue weighted by Crippen LogP contribution is 2.45. The number of hydrogen-bond acceptors (Lipinski definition) is 3. The molecule has 278 valence electrons. The highest BCUT2D eigenvalue weighted by Gasteiger charge is 2.38. The highest BCUT2D eigenvalue weighted by molar-refractivity contribution is 6.12. The summed E-state index contributed by atoms with van der Waals surface area (Å²) in [6.45, 7) is 0. The van der Waals surface area contributed by atoms with Crippen molar-refractivity contribution in [3.05, 3.63) is 167 Å². The van der Waals surface area contributed by atoms with E-state index in [1.807, 2.05) is 57.7 Å². The van der Waals surface area contributed by atoms with E-state index in [9.17, 15) is 42.1 Å². The monoisotopic (exact) mass is 771 g/mol. The molecule has 0 spiro atoms. The van der Waals surface area contributed by atoms with Crippen LogP contribution in [0.1, 0.15) is 27.8 Å². The molecule has 0 saturated heterocycles. The number of benzene rings is 7. The molecule has 0 aliphatic rings. The smallest absolute Gasteiger partial charge is 0.309 e. The van der Waals surface area contributed by atoms with Gasteiger partial charge in [-0.25, -0.2) is 0 Å². The lowest BCUT2D eigenvalue weighted by molar-refractivity contribution is -0.142. The zero-order valence-electron chi connectivity index (χ0n) is 29.8. The maximum absolute atomic E-state index is 14.7. The molecular formula is C47H23F6N5. The minimum absolute atomic E-state index is 0.00327. The molecule has 9 aromatic rings. The molecule has 0 radical (unpaired) electrons. The number of hydrogen-bond donors (Lipinski definition) is 0. The third-order valence-electron chi connectivity index (χ3n) is 10.5. The molecule has 0 amide bonds. The summed E-state index contributed by atoms with van der Waals surface area (Å²) >= 11 is 0. The third-order valence-corrected chi connectivity index (χ3v) is 10.5. The van der Waals surface area contributed by atoms with Gasteiger partial charge in [-0.3, -0.25) is 0 Å². The highest BCUT2D eigenvalue weighted by atomic mass is 19.4. The number of aromatic nitrogens is 2. The summed E-state index contributed by atoms with van der Waals surface area (Å²) in [6.07, 6.45) is -10.1. The molecule has 7 aromatic carbocycles. The van der Waals surface area contributed by atoms with E-state index in [4.69, 9.17) is 0 Å². The van der Waals surface area contributed by atoms with Crippen molar-refractivity contribution in [3.8, 4) is 51.8 Å². The van der Waals surface area contributed by atoms with Gasteiger partial charge >= 0.3 is 12.4 Å². The zero-order chi connectivity index (χ0) is 40.5. The van der Waals surface area contributed by atoms with Crippen LogP contribution in [0.2, 0.25) is 0 Å². The van der Waals surface area contributed by atoms with Crippen LogP contribution < -0.4 is 0 Å². The van der Waals surface area contributed by atoms with Crippen LogP contribution in [0, 0.1) is 34.0 Å². The van der Waals surface area contributed by atoms with E-state index < -0.39 is 29.0 Å². The van der Waals surface area contributed by atoms with E-state index in [1.54, 1.807) is 60.7 Å².